The summed E-state index contributed by atoms with van der Waals surface area (Å²) in [6, 6.07) is 8.16. The van der Waals surface area contributed by atoms with Crippen LogP contribution in [0, 0.1) is 17.0 Å². The summed E-state index contributed by atoms with van der Waals surface area (Å²) in [5.74, 6) is 1.23. The molecule has 26 heavy (non-hydrogen) atoms. The third kappa shape index (κ3) is 4.74. The molecule has 1 aromatic heterocycles. The summed E-state index contributed by atoms with van der Waals surface area (Å²) in [4.78, 5) is 19.3. The molecule has 1 aliphatic heterocycles. The molecule has 8 nitrogen and oxygen atoms in total. The molecular weight excluding hydrogens is 336 g/mol. The summed E-state index contributed by atoms with van der Waals surface area (Å²) in [6.07, 6.45) is 1.10. The van der Waals surface area contributed by atoms with Crippen LogP contribution >= 0.6 is 0 Å². The molecule has 1 N–H and O–H groups in total. The molecular formula is C18H22N4O4. The number of nitrogens with zero attached hydrogens (tertiary/aromatic N) is 3. The van der Waals surface area contributed by atoms with Crippen LogP contribution in [0.5, 0.6) is 0 Å². The number of hydrogen-bond acceptors (Lipinski definition) is 7. The molecule has 1 saturated heterocycles. The number of nitro groups is 1. The highest BCUT2D eigenvalue weighted by molar-refractivity contribution is 5.59. The Balaban J connectivity index is 1.67. The molecule has 3 rings (SSSR count). The Morgan fingerprint density at radius 1 is 1.38 bits per heavy atom. The van der Waals surface area contributed by atoms with Crippen molar-refractivity contribution in [2.45, 2.75) is 32.4 Å². The smallest absolute Gasteiger partial charge is 0.269 e. The number of benzene rings is 1. The second kappa shape index (κ2) is 8.20. The molecule has 8 heteroatoms. The first-order valence-corrected chi connectivity index (χ1v) is 8.57. The molecule has 138 valence electrons. The minimum atomic E-state index is -0.426. The van der Waals surface area contributed by atoms with Crippen molar-refractivity contribution >= 4 is 11.5 Å². The van der Waals surface area contributed by atoms with Crippen molar-refractivity contribution < 1.29 is 14.4 Å². The van der Waals surface area contributed by atoms with Gasteiger partial charge in [0.25, 0.3) is 5.69 Å². The van der Waals surface area contributed by atoms with Crippen molar-refractivity contribution in [1.29, 1.82) is 0 Å². The topological polar surface area (TPSA) is 99.4 Å². The van der Waals surface area contributed by atoms with Gasteiger partial charge in [0, 0.05) is 42.1 Å². The number of ether oxygens (including phenoxy) is 2. The van der Waals surface area contributed by atoms with E-state index in [1.807, 2.05) is 19.9 Å². The van der Waals surface area contributed by atoms with Crippen LogP contribution in [-0.4, -0.2) is 46.9 Å². The maximum atomic E-state index is 10.8. The maximum absolute atomic E-state index is 10.8. The van der Waals surface area contributed by atoms with Crippen LogP contribution in [-0.2, 0) is 9.47 Å². The van der Waals surface area contributed by atoms with Gasteiger partial charge in [-0.05, 0) is 32.4 Å². The number of non-ortho nitro benzene ring substituents is 1. The SMILES string of the molecule is Cc1cc(NC(C)COC2CCOC2)nc(-c2ccc([N+](=O)[O-])cc2)n1. The zero-order valence-electron chi connectivity index (χ0n) is 14.8. The Labute approximate surface area is 151 Å². The fourth-order valence-corrected chi connectivity index (χ4v) is 2.72. The number of hydrogen-bond donors (Lipinski definition) is 1. The molecule has 1 fully saturated rings. The summed E-state index contributed by atoms with van der Waals surface area (Å²) < 4.78 is 11.1. The molecule has 0 aliphatic carbocycles. The van der Waals surface area contributed by atoms with Gasteiger partial charge < -0.3 is 14.8 Å². The van der Waals surface area contributed by atoms with E-state index in [2.05, 4.69) is 15.3 Å². The monoisotopic (exact) mass is 358 g/mol. The summed E-state index contributed by atoms with van der Waals surface area (Å²) >= 11 is 0. The number of aromatic nitrogens is 2. The van der Waals surface area contributed by atoms with Gasteiger partial charge in [0.05, 0.1) is 24.2 Å². The Kier molecular flexibility index (Phi) is 5.75. The summed E-state index contributed by atoms with van der Waals surface area (Å²) in [5.41, 5.74) is 1.59. The third-order valence-corrected chi connectivity index (χ3v) is 4.05. The van der Waals surface area contributed by atoms with Crippen LogP contribution in [0.3, 0.4) is 0 Å². The van der Waals surface area contributed by atoms with Crippen molar-refractivity contribution in [3.8, 4) is 11.4 Å². The van der Waals surface area contributed by atoms with E-state index in [9.17, 15) is 10.1 Å². The highest BCUT2D eigenvalue weighted by Gasteiger charge is 2.17. The molecule has 0 saturated carbocycles. The molecule has 0 radical (unpaired) electrons. The number of rotatable bonds is 7. The predicted molar refractivity (Wildman–Crippen MR) is 97.1 cm³/mol. The van der Waals surface area contributed by atoms with E-state index in [1.165, 1.54) is 12.1 Å². The molecule has 0 spiro atoms. The van der Waals surface area contributed by atoms with Crippen LogP contribution in [0.1, 0.15) is 19.0 Å². The minimum Gasteiger partial charge on any atom is -0.379 e. The Hall–Kier alpha value is -2.58. The number of anilines is 1. The first-order valence-electron chi connectivity index (χ1n) is 8.57. The van der Waals surface area contributed by atoms with Crippen LogP contribution in [0.2, 0.25) is 0 Å². The summed E-state index contributed by atoms with van der Waals surface area (Å²) in [5, 5.41) is 14.1. The number of nitro benzene ring substituents is 1. The van der Waals surface area contributed by atoms with Crippen LogP contribution in [0.25, 0.3) is 11.4 Å². The lowest BCUT2D eigenvalue weighted by Crippen LogP contribution is -2.26. The molecule has 0 bridgehead atoms. The highest BCUT2D eigenvalue weighted by Crippen LogP contribution is 2.21. The molecule has 2 heterocycles. The van der Waals surface area contributed by atoms with Gasteiger partial charge >= 0.3 is 0 Å². The molecule has 2 unspecified atom stereocenters. The largest absolute Gasteiger partial charge is 0.379 e. The van der Waals surface area contributed by atoms with E-state index >= 15 is 0 Å². The summed E-state index contributed by atoms with van der Waals surface area (Å²) in [6.45, 7) is 5.89. The van der Waals surface area contributed by atoms with E-state index in [4.69, 9.17) is 9.47 Å². The molecule has 1 aromatic carbocycles. The summed E-state index contributed by atoms with van der Waals surface area (Å²) in [7, 11) is 0. The van der Waals surface area contributed by atoms with Gasteiger partial charge in [-0.2, -0.15) is 0 Å². The quantitative estimate of drug-likeness (QED) is 0.600. The van der Waals surface area contributed by atoms with Gasteiger partial charge in [0.2, 0.25) is 0 Å². The van der Waals surface area contributed by atoms with Gasteiger partial charge in [-0.1, -0.05) is 0 Å². The van der Waals surface area contributed by atoms with Crippen LogP contribution < -0.4 is 5.32 Å². The maximum Gasteiger partial charge on any atom is 0.269 e. The first kappa shape index (κ1) is 18.2. The normalized spacial score (nSPS) is 17.8. The van der Waals surface area contributed by atoms with E-state index in [-0.39, 0.29) is 17.8 Å². The van der Waals surface area contributed by atoms with E-state index in [1.54, 1.807) is 12.1 Å². The standard InChI is InChI=1S/C18H22N4O4/c1-12-9-17(19-13(2)10-26-16-7-8-25-11-16)21-18(20-12)14-3-5-15(6-4-14)22(23)24/h3-6,9,13,16H,7-8,10-11H2,1-2H3,(H,19,20,21). The Morgan fingerprint density at radius 2 is 2.15 bits per heavy atom. The van der Waals surface area contributed by atoms with Crippen molar-refractivity contribution in [2.75, 3.05) is 25.1 Å². The van der Waals surface area contributed by atoms with Crippen molar-refractivity contribution in [3.63, 3.8) is 0 Å². The first-order chi connectivity index (χ1) is 12.5. The van der Waals surface area contributed by atoms with Crippen LogP contribution in [0.15, 0.2) is 30.3 Å². The average Bonchev–Trinajstić information content (AvgIpc) is 3.13. The molecule has 2 atom stereocenters. The minimum absolute atomic E-state index is 0.0430. The molecule has 2 aromatic rings. The van der Waals surface area contributed by atoms with Gasteiger partial charge in [0.1, 0.15) is 5.82 Å². The second-order valence-electron chi connectivity index (χ2n) is 6.39. The second-order valence-corrected chi connectivity index (χ2v) is 6.39. The van der Waals surface area contributed by atoms with E-state index in [0.29, 0.717) is 24.9 Å². The lowest BCUT2D eigenvalue weighted by Gasteiger charge is -2.18. The van der Waals surface area contributed by atoms with E-state index < -0.39 is 4.92 Å². The molecule has 0 amide bonds. The number of aryl methyl sites for hydroxylation is 1. The Bertz CT molecular complexity index is 760. The fraction of sp³-hybridized carbons (Fsp3) is 0.444. The zero-order valence-corrected chi connectivity index (χ0v) is 14.8. The van der Waals surface area contributed by atoms with Crippen LogP contribution in [0.4, 0.5) is 11.5 Å². The zero-order chi connectivity index (χ0) is 18.5. The number of nitrogens with one attached hydrogen (secondary N) is 1. The molecule has 1 aliphatic rings. The Morgan fingerprint density at radius 3 is 2.81 bits per heavy atom. The fourth-order valence-electron chi connectivity index (χ4n) is 2.72. The average molecular weight is 358 g/mol. The highest BCUT2D eigenvalue weighted by atomic mass is 16.6. The van der Waals surface area contributed by atoms with Crippen molar-refractivity contribution in [2.24, 2.45) is 0 Å². The third-order valence-electron chi connectivity index (χ3n) is 4.05. The van der Waals surface area contributed by atoms with Gasteiger partial charge in [0.15, 0.2) is 5.82 Å². The van der Waals surface area contributed by atoms with Gasteiger partial charge in [-0.15, -0.1) is 0 Å². The van der Waals surface area contributed by atoms with E-state index in [0.717, 1.165) is 24.3 Å². The van der Waals surface area contributed by atoms with Crippen molar-refractivity contribution in [1.82, 2.24) is 9.97 Å². The van der Waals surface area contributed by atoms with Gasteiger partial charge in [-0.3, -0.25) is 10.1 Å². The van der Waals surface area contributed by atoms with Gasteiger partial charge in [-0.25, -0.2) is 9.97 Å². The lowest BCUT2D eigenvalue weighted by atomic mass is 10.2. The lowest BCUT2D eigenvalue weighted by molar-refractivity contribution is -0.384. The van der Waals surface area contributed by atoms with Crippen molar-refractivity contribution in [3.05, 3.63) is 46.1 Å². The predicted octanol–water partition coefficient (Wildman–Crippen LogP) is 2.97.